The zero-order chi connectivity index (χ0) is 15.3. The fourth-order valence-electron chi connectivity index (χ4n) is 1.56. The first kappa shape index (κ1) is 16.5. The van der Waals surface area contributed by atoms with Crippen LogP contribution in [0.1, 0.15) is 47.1 Å². The summed E-state index contributed by atoms with van der Waals surface area (Å²) in [4.78, 5) is 11.9. The summed E-state index contributed by atoms with van der Waals surface area (Å²) in [5, 5.41) is 19.7. The van der Waals surface area contributed by atoms with Crippen LogP contribution in [-0.2, 0) is 0 Å². The molecule has 0 aliphatic rings. The van der Waals surface area contributed by atoms with Gasteiger partial charge in [-0.15, -0.1) is 0 Å². The molecule has 0 saturated heterocycles. The molecule has 0 aliphatic heterocycles. The third kappa shape index (κ3) is 4.23. The van der Waals surface area contributed by atoms with Crippen LogP contribution in [0.25, 0.3) is 0 Å². The molecule has 20 heavy (non-hydrogen) atoms. The first-order valence-corrected chi connectivity index (χ1v) is 7.08. The molecule has 0 aliphatic carbocycles. The van der Waals surface area contributed by atoms with Gasteiger partial charge in [-0.05, 0) is 26.2 Å². The van der Waals surface area contributed by atoms with Crippen molar-refractivity contribution in [2.75, 3.05) is 11.9 Å². The Morgan fingerprint density at radius 1 is 1.50 bits per heavy atom. The molecule has 6 nitrogen and oxygen atoms in total. The molecule has 0 fully saturated rings. The number of aromatic nitrogens is 2. The highest BCUT2D eigenvalue weighted by molar-refractivity contribution is 5.88. The van der Waals surface area contributed by atoms with Crippen LogP contribution >= 0.6 is 0 Å². The first-order valence-electron chi connectivity index (χ1n) is 7.08. The van der Waals surface area contributed by atoms with Crippen molar-refractivity contribution in [2.24, 2.45) is 5.92 Å². The van der Waals surface area contributed by atoms with Crippen molar-refractivity contribution in [3.63, 3.8) is 0 Å². The normalized spacial score (nSPS) is 15.8. The second kappa shape index (κ2) is 6.74. The number of aliphatic hydroxyl groups is 1. The monoisotopic (exact) mass is 282 g/mol. The van der Waals surface area contributed by atoms with Crippen molar-refractivity contribution in [1.29, 1.82) is 0 Å². The van der Waals surface area contributed by atoms with Crippen LogP contribution in [0.5, 0.6) is 0 Å². The average molecular weight is 282 g/mol. The molecule has 0 spiro atoms. The van der Waals surface area contributed by atoms with Crippen molar-refractivity contribution in [3.05, 3.63) is 12.3 Å². The van der Waals surface area contributed by atoms with Crippen molar-refractivity contribution < 1.29 is 9.90 Å². The van der Waals surface area contributed by atoms with Gasteiger partial charge in [0.15, 0.2) is 0 Å². The average Bonchev–Trinajstić information content (AvgIpc) is 2.83. The zero-order valence-corrected chi connectivity index (χ0v) is 13.0. The molecule has 2 unspecified atom stereocenters. The lowest BCUT2D eigenvalue weighted by atomic mass is 9.93. The van der Waals surface area contributed by atoms with Gasteiger partial charge in [0.05, 0.1) is 17.8 Å². The first-order chi connectivity index (χ1) is 9.27. The van der Waals surface area contributed by atoms with E-state index in [1.165, 1.54) is 0 Å². The minimum atomic E-state index is -0.922. The van der Waals surface area contributed by atoms with Gasteiger partial charge in [-0.2, -0.15) is 5.10 Å². The summed E-state index contributed by atoms with van der Waals surface area (Å²) < 4.78 is 1.78. The fourth-order valence-corrected chi connectivity index (χ4v) is 1.56. The van der Waals surface area contributed by atoms with E-state index in [2.05, 4.69) is 22.7 Å². The third-order valence-electron chi connectivity index (χ3n) is 3.77. The second-order valence-corrected chi connectivity index (χ2v) is 5.74. The number of hydrogen-bond acceptors (Lipinski definition) is 3. The van der Waals surface area contributed by atoms with Crippen LogP contribution in [0, 0.1) is 5.92 Å². The summed E-state index contributed by atoms with van der Waals surface area (Å²) in [5.74, 6) is 0.717. The number of carbonyl (C=O) groups excluding carboxylic acids is 1. The minimum absolute atomic E-state index is 0.0634. The number of amides is 2. The third-order valence-corrected chi connectivity index (χ3v) is 3.77. The summed E-state index contributed by atoms with van der Waals surface area (Å²) in [5.41, 5.74) is -0.922. The molecule has 1 aromatic rings. The van der Waals surface area contributed by atoms with E-state index >= 15 is 0 Å². The molecular weight excluding hydrogens is 256 g/mol. The van der Waals surface area contributed by atoms with Gasteiger partial charge in [0, 0.05) is 12.6 Å². The highest BCUT2D eigenvalue weighted by Gasteiger charge is 2.25. The van der Waals surface area contributed by atoms with Gasteiger partial charge < -0.3 is 10.4 Å². The molecule has 0 bridgehead atoms. The molecule has 3 N–H and O–H groups in total. The number of hydrogen-bond donors (Lipinski definition) is 3. The van der Waals surface area contributed by atoms with Gasteiger partial charge in [0.25, 0.3) is 0 Å². The Hall–Kier alpha value is -1.56. The molecular formula is C14H26N4O2. The van der Waals surface area contributed by atoms with E-state index in [0.29, 0.717) is 5.82 Å². The maximum atomic E-state index is 11.9. The maximum absolute atomic E-state index is 11.9. The molecule has 1 rings (SSSR count). The standard InChI is InChI=1S/C14H26N4O2/c1-6-11(4)18-12(7-8-16-18)17-13(19)15-9-14(5,20)10(2)3/h7-8,10-11,20H,6,9H2,1-5H3,(H2,15,17,19). The van der Waals surface area contributed by atoms with Gasteiger partial charge in [0.2, 0.25) is 0 Å². The quantitative estimate of drug-likeness (QED) is 0.749. The zero-order valence-electron chi connectivity index (χ0n) is 13.0. The molecule has 1 aromatic heterocycles. The number of carbonyl (C=O) groups is 1. The van der Waals surface area contributed by atoms with Gasteiger partial charge in [-0.25, -0.2) is 9.48 Å². The molecule has 6 heteroatoms. The highest BCUT2D eigenvalue weighted by atomic mass is 16.3. The molecule has 114 valence electrons. The minimum Gasteiger partial charge on any atom is -0.388 e. The Kier molecular flexibility index (Phi) is 5.56. The van der Waals surface area contributed by atoms with Crippen LogP contribution < -0.4 is 10.6 Å². The van der Waals surface area contributed by atoms with E-state index in [0.717, 1.165) is 6.42 Å². The van der Waals surface area contributed by atoms with E-state index in [1.807, 2.05) is 20.8 Å². The lowest BCUT2D eigenvalue weighted by Crippen LogP contribution is -2.45. The van der Waals surface area contributed by atoms with Crippen molar-refractivity contribution in [2.45, 2.75) is 52.7 Å². The lowest BCUT2D eigenvalue weighted by molar-refractivity contribution is 0.0170. The van der Waals surface area contributed by atoms with Crippen LogP contribution in [0.2, 0.25) is 0 Å². The molecule has 0 aromatic carbocycles. The SMILES string of the molecule is CCC(C)n1nccc1NC(=O)NCC(C)(O)C(C)C. The second-order valence-electron chi connectivity index (χ2n) is 5.74. The molecule has 2 amide bonds. The number of urea groups is 1. The molecule has 1 heterocycles. The van der Waals surface area contributed by atoms with Crippen molar-refractivity contribution in [1.82, 2.24) is 15.1 Å². The van der Waals surface area contributed by atoms with Gasteiger partial charge in [0.1, 0.15) is 5.82 Å². The number of rotatable bonds is 6. The van der Waals surface area contributed by atoms with E-state index < -0.39 is 5.60 Å². The number of anilines is 1. The topological polar surface area (TPSA) is 79.2 Å². The van der Waals surface area contributed by atoms with Crippen molar-refractivity contribution >= 4 is 11.8 Å². The number of nitrogens with one attached hydrogen (secondary N) is 2. The summed E-state index contributed by atoms with van der Waals surface area (Å²) in [6.07, 6.45) is 2.59. The molecule has 0 radical (unpaired) electrons. The van der Waals surface area contributed by atoms with Crippen LogP contribution in [0.15, 0.2) is 12.3 Å². The fraction of sp³-hybridized carbons (Fsp3) is 0.714. The Morgan fingerprint density at radius 3 is 2.70 bits per heavy atom. The summed E-state index contributed by atoms with van der Waals surface area (Å²) in [6, 6.07) is 1.64. The number of nitrogens with zero attached hydrogens (tertiary/aromatic N) is 2. The largest absolute Gasteiger partial charge is 0.388 e. The summed E-state index contributed by atoms with van der Waals surface area (Å²) >= 11 is 0. The van der Waals surface area contributed by atoms with Crippen LogP contribution in [0.3, 0.4) is 0 Å². The van der Waals surface area contributed by atoms with Gasteiger partial charge >= 0.3 is 6.03 Å². The Balaban J connectivity index is 2.58. The molecule has 0 saturated carbocycles. The van der Waals surface area contributed by atoms with Crippen molar-refractivity contribution in [3.8, 4) is 0 Å². The van der Waals surface area contributed by atoms with E-state index in [9.17, 15) is 9.90 Å². The van der Waals surface area contributed by atoms with Crippen LogP contribution in [-0.4, -0.2) is 33.1 Å². The maximum Gasteiger partial charge on any atom is 0.320 e. The molecule has 2 atom stereocenters. The predicted molar refractivity (Wildman–Crippen MR) is 79.7 cm³/mol. The van der Waals surface area contributed by atoms with Crippen LogP contribution in [0.4, 0.5) is 10.6 Å². The van der Waals surface area contributed by atoms with E-state index in [4.69, 9.17) is 0 Å². The Labute approximate surface area is 120 Å². The summed E-state index contributed by atoms with van der Waals surface area (Å²) in [7, 11) is 0. The van der Waals surface area contributed by atoms with E-state index in [-0.39, 0.29) is 24.5 Å². The smallest absolute Gasteiger partial charge is 0.320 e. The van der Waals surface area contributed by atoms with Gasteiger partial charge in [-0.1, -0.05) is 20.8 Å². The highest BCUT2D eigenvalue weighted by Crippen LogP contribution is 2.17. The van der Waals surface area contributed by atoms with Gasteiger partial charge in [-0.3, -0.25) is 5.32 Å². The van der Waals surface area contributed by atoms with E-state index in [1.54, 1.807) is 23.9 Å². The lowest BCUT2D eigenvalue weighted by Gasteiger charge is -2.27. The predicted octanol–water partition coefficient (Wildman–Crippen LogP) is 2.38. The Morgan fingerprint density at radius 2 is 2.15 bits per heavy atom. The Bertz CT molecular complexity index is 440. The summed E-state index contributed by atoms with van der Waals surface area (Å²) in [6.45, 7) is 9.85.